The highest BCUT2D eigenvalue weighted by molar-refractivity contribution is 7.07. The van der Waals surface area contributed by atoms with Crippen molar-refractivity contribution in [2.75, 3.05) is 6.61 Å². The van der Waals surface area contributed by atoms with E-state index in [0.29, 0.717) is 26.2 Å². The lowest BCUT2D eigenvalue weighted by molar-refractivity contribution is -0.139. The van der Waals surface area contributed by atoms with Crippen LogP contribution < -0.4 is 14.9 Å². The first-order valence-electron chi connectivity index (χ1n) is 9.91. The van der Waals surface area contributed by atoms with Gasteiger partial charge in [0.25, 0.3) is 5.56 Å². The van der Waals surface area contributed by atoms with Gasteiger partial charge in [-0.1, -0.05) is 53.3 Å². The van der Waals surface area contributed by atoms with E-state index >= 15 is 0 Å². The highest BCUT2D eigenvalue weighted by Crippen LogP contribution is 2.30. The third kappa shape index (κ3) is 4.01. The number of hydrogen-bond donors (Lipinski definition) is 0. The molecule has 0 saturated carbocycles. The summed E-state index contributed by atoms with van der Waals surface area (Å²) in [7, 11) is 0. The number of aryl methyl sites for hydroxylation is 1. The summed E-state index contributed by atoms with van der Waals surface area (Å²) in [5.41, 5.74) is 3.21. The van der Waals surface area contributed by atoms with Crippen molar-refractivity contribution in [2.45, 2.75) is 26.8 Å². The number of halogens is 1. The first kappa shape index (κ1) is 20.9. The van der Waals surface area contributed by atoms with Gasteiger partial charge in [-0.15, -0.1) is 0 Å². The van der Waals surface area contributed by atoms with E-state index in [0.717, 1.165) is 11.1 Å². The Hall–Kier alpha value is -3.32. The van der Waals surface area contributed by atoms with Gasteiger partial charge in [0, 0.05) is 0 Å². The molecule has 2 aromatic carbocycles. The third-order valence-electron chi connectivity index (χ3n) is 5.08. The summed E-state index contributed by atoms with van der Waals surface area (Å²) in [4.78, 5) is 31.3. The van der Waals surface area contributed by atoms with Crippen LogP contribution in [0.25, 0.3) is 6.08 Å². The molecule has 0 saturated heterocycles. The van der Waals surface area contributed by atoms with Crippen molar-refractivity contribution < 1.29 is 13.9 Å². The Morgan fingerprint density at radius 2 is 1.84 bits per heavy atom. The zero-order chi connectivity index (χ0) is 22.1. The van der Waals surface area contributed by atoms with E-state index in [1.165, 1.54) is 23.5 Å². The van der Waals surface area contributed by atoms with Gasteiger partial charge in [0.05, 0.1) is 28.5 Å². The number of hydrogen-bond acceptors (Lipinski definition) is 5. The Labute approximate surface area is 182 Å². The molecule has 0 radical (unpaired) electrons. The van der Waals surface area contributed by atoms with Crippen LogP contribution in [0.5, 0.6) is 0 Å². The van der Waals surface area contributed by atoms with Crippen molar-refractivity contribution >= 4 is 23.4 Å². The number of rotatable bonds is 4. The monoisotopic (exact) mass is 436 g/mol. The minimum absolute atomic E-state index is 0.227. The summed E-state index contributed by atoms with van der Waals surface area (Å²) in [6.45, 7) is 5.70. The molecule has 31 heavy (non-hydrogen) atoms. The topological polar surface area (TPSA) is 60.7 Å². The van der Waals surface area contributed by atoms with Crippen molar-refractivity contribution in [3.8, 4) is 0 Å². The first-order chi connectivity index (χ1) is 14.9. The van der Waals surface area contributed by atoms with Gasteiger partial charge in [-0.05, 0) is 50.1 Å². The maximum absolute atomic E-state index is 13.4. The van der Waals surface area contributed by atoms with Crippen molar-refractivity contribution in [1.82, 2.24) is 4.57 Å². The molecule has 2 heterocycles. The number of thiazole rings is 1. The van der Waals surface area contributed by atoms with Crippen LogP contribution in [-0.2, 0) is 9.53 Å². The molecule has 158 valence electrons. The number of ether oxygens (including phenoxy) is 1. The molecular formula is C24H21FN2O3S. The summed E-state index contributed by atoms with van der Waals surface area (Å²) in [5.74, 6) is -0.824. The molecule has 1 aliphatic heterocycles. The molecule has 0 amide bonds. The summed E-state index contributed by atoms with van der Waals surface area (Å²) >= 11 is 1.24. The maximum Gasteiger partial charge on any atom is 0.338 e. The summed E-state index contributed by atoms with van der Waals surface area (Å²) in [6, 6.07) is 13.0. The lowest BCUT2D eigenvalue weighted by Crippen LogP contribution is -2.39. The molecule has 3 aromatic rings. The summed E-state index contributed by atoms with van der Waals surface area (Å²) in [5, 5.41) is 0. The largest absolute Gasteiger partial charge is 0.463 e. The fourth-order valence-electron chi connectivity index (χ4n) is 3.57. The second-order valence-electron chi connectivity index (χ2n) is 7.26. The number of nitrogens with zero attached hydrogens (tertiary/aromatic N) is 2. The van der Waals surface area contributed by atoms with Gasteiger partial charge in [0.1, 0.15) is 5.82 Å². The molecule has 0 fully saturated rings. The molecule has 1 unspecified atom stereocenters. The third-order valence-corrected chi connectivity index (χ3v) is 6.06. The Balaban J connectivity index is 1.94. The Bertz CT molecular complexity index is 1350. The summed E-state index contributed by atoms with van der Waals surface area (Å²) in [6.07, 6.45) is 1.71. The molecule has 1 aliphatic rings. The maximum atomic E-state index is 13.4. The highest BCUT2D eigenvalue weighted by atomic mass is 32.1. The molecule has 0 aliphatic carbocycles. The molecule has 0 spiro atoms. The van der Waals surface area contributed by atoms with Crippen molar-refractivity contribution in [2.24, 2.45) is 4.99 Å². The van der Waals surface area contributed by atoms with E-state index in [1.54, 1.807) is 36.6 Å². The van der Waals surface area contributed by atoms with Gasteiger partial charge in [-0.25, -0.2) is 14.2 Å². The summed E-state index contributed by atoms with van der Waals surface area (Å²) < 4.78 is 20.5. The zero-order valence-corrected chi connectivity index (χ0v) is 18.2. The number of carbonyl (C=O) groups excluding carboxylic acids is 1. The van der Waals surface area contributed by atoms with Crippen LogP contribution in [-0.4, -0.2) is 17.1 Å². The van der Waals surface area contributed by atoms with Crippen molar-refractivity contribution in [1.29, 1.82) is 0 Å². The Morgan fingerprint density at radius 1 is 1.16 bits per heavy atom. The van der Waals surface area contributed by atoms with Crippen LogP contribution >= 0.6 is 11.3 Å². The Morgan fingerprint density at radius 3 is 2.48 bits per heavy atom. The number of allylic oxidation sites excluding steroid dienone is 1. The number of esters is 1. The smallest absolute Gasteiger partial charge is 0.338 e. The van der Waals surface area contributed by atoms with E-state index in [4.69, 9.17) is 4.74 Å². The van der Waals surface area contributed by atoms with Gasteiger partial charge in [-0.3, -0.25) is 9.36 Å². The normalized spacial score (nSPS) is 16.1. The van der Waals surface area contributed by atoms with Crippen LogP contribution in [0.15, 0.2) is 69.6 Å². The first-order valence-corrected chi connectivity index (χ1v) is 10.7. The standard InChI is InChI=1S/C24H21FN2O3S/c1-4-30-23(29)20-15(3)26-24-27(21(20)17-9-5-14(2)6-10-17)22(28)19(31-24)13-16-7-11-18(25)12-8-16/h5-13,21H,4H2,1-3H3/b19-13+. The molecule has 1 aromatic heterocycles. The molecule has 4 rings (SSSR count). The van der Waals surface area contributed by atoms with Gasteiger partial charge in [0.15, 0.2) is 4.80 Å². The fourth-order valence-corrected chi connectivity index (χ4v) is 4.61. The lowest BCUT2D eigenvalue weighted by atomic mass is 9.95. The van der Waals surface area contributed by atoms with Crippen LogP contribution in [0.3, 0.4) is 0 Å². The molecule has 5 nitrogen and oxygen atoms in total. The number of fused-ring (bicyclic) bond motifs is 1. The molecular weight excluding hydrogens is 415 g/mol. The van der Waals surface area contributed by atoms with Crippen LogP contribution in [0.4, 0.5) is 4.39 Å². The highest BCUT2D eigenvalue weighted by Gasteiger charge is 2.33. The average molecular weight is 437 g/mol. The molecule has 7 heteroatoms. The van der Waals surface area contributed by atoms with E-state index in [-0.39, 0.29) is 18.0 Å². The fraction of sp³-hybridized carbons (Fsp3) is 0.208. The zero-order valence-electron chi connectivity index (χ0n) is 17.4. The van der Waals surface area contributed by atoms with Crippen LogP contribution in [0.1, 0.15) is 36.6 Å². The van der Waals surface area contributed by atoms with Gasteiger partial charge < -0.3 is 4.74 Å². The van der Waals surface area contributed by atoms with Crippen molar-refractivity contribution in [3.63, 3.8) is 0 Å². The quantitative estimate of drug-likeness (QED) is 0.590. The van der Waals surface area contributed by atoms with Gasteiger partial charge >= 0.3 is 5.97 Å². The lowest BCUT2D eigenvalue weighted by Gasteiger charge is -2.24. The van der Waals surface area contributed by atoms with Gasteiger partial charge in [-0.2, -0.15) is 0 Å². The predicted octanol–water partition coefficient (Wildman–Crippen LogP) is 3.25. The second-order valence-corrected chi connectivity index (χ2v) is 8.27. The predicted molar refractivity (Wildman–Crippen MR) is 118 cm³/mol. The second kappa shape index (κ2) is 8.43. The molecule has 0 N–H and O–H groups in total. The van der Waals surface area contributed by atoms with E-state index < -0.39 is 12.0 Å². The average Bonchev–Trinajstić information content (AvgIpc) is 3.04. The minimum atomic E-state index is -0.633. The van der Waals surface area contributed by atoms with Crippen LogP contribution in [0.2, 0.25) is 0 Å². The van der Waals surface area contributed by atoms with E-state index in [9.17, 15) is 14.0 Å². The number of carbonyl (C=O) groups is 1. The molecule has 1 atom stereocenters. The van der Waals surface area contributed by atoms with Crippen molar-refractivity contribution in [3.05, 3.63) is 102 Å². The van der Waals surface area contributed by atoms with E-state index in [2.05, 4.69) is 4.99 Å². The Kier molecular flexibility index (Phi) is 5.69. The number of benzene rings is 2. The number of aromatic nitrogens is 1. The molecule has 0 bridgehead atoms. The van der Waals surface area contributed by atoms with Gasteiger partial charge in [0.2, 0.25) is 0 Å². The van der Waals surface area contributed by atoms with Crippen LogP contribution in [0, 0.1) is 12.7 Å². The minimum Gasteiger partial charge on any atom is -0.463 e. The SMILES string of the molecule is CCOC(=O)C1=C(C)N=c2s/c(=C/c3ccc(F)cc3)c(=O)n2C1c1ccc(C)cc1. The van der Waals surface area contributed by atoms with E-state index in [1.807, 2.05) is 31.2 Å².